The second-order valence-electron chi connectivity index (χ2n) is 2.70. The van der Waals surface area contributed by atoms with E-state index in [0.29, 0.717) is 0 Å². The summed E-state index contributed by atoms with van der Waals surface area (Å²) in [6, 6.07) is -0.488. The van der Waals surface area contributed by atoms with Crippen LogP contribution in [0.2, 0.25) is 0 Å². The molecule has 68 valence electrons. The van der Waals surface area contributed by atoms with Crippen molar-refractivity contribution in [2.45, 2.75) is 39.3 Å². The van der Waals surface area contributed by atoms with E-state index in [0.717, 1.165) is 6.42 Å². The zero-order valence-electron chi connectivity index (χ0n) is 7.61. The van der Waals surface area contributed by atoms with E-state index in [1.54, 1.807) is 6.92 Å². The first-order valence-corrected chi connectivity index (χ1v) is 3.96. The summed E-state index contributed by atoms with van der Waals surface area (Å²) in [6.07, 6.45) is 0.870. The van der Waals surface area contributed by atoms with Gasteiger partial charge in [-0.2, -0.15) is 0 Å². The summed E-state index contributed by atoms with van der Waals surface area (Å²) in [5.41, 5.74) is 8.06. The van der Waals surface area contributed by atoms with Crippen LogP contribution in [0.25, 0.3) is 10.4 Å². The lowest BCUT2D eigenvalue weighted by Gasteiger charge is -2.12. The van der Waals surface area contributed by atoms with E-state index in [2.05, 4.69) is 15.3 Å². The Morgan fingerprint density at radius 3 is 2.67 bits per heavy atom. The molecule has 0 aliphatic heterocycles. The number of amides is 1. The maximum Gasteiger partial charge on any atom is 0.228 e. The highest BCUT2D eigenvalue weighted by Gasteiger charge is 2.11. The Kier molecular flexibility index (Phi) is 4.88. The molecule has 1 N–H and O–H groups in total. The lowest BCUT2D eigenvalue weighted by Crippen LogP contribution is -2.37. The highest BCUT2D eigenvalue weighted by Crippen LogP contribution is 1.93. The number of azide groups is 1. The van der Waals surface area contributed by atoms with E-state index in [-0.39, 0.29) is 11.9 Å². The van der Waals surface area contributed by atoms with E-state index < -0.39 is 6.04 Å². The van der Waals surface area contributed by atoms with Gasteiger partial charge >= 0.3 is 0 Å². The molecule has 1 amide bonds. The topological polar surface area (TPSA) is 77.9 Å². The average Bonchev–Trinajstić information content (AvgIpc) is 2.04. The molecule has 0 radical (unpaired) electrons. The van der Waals surface area contributed by atoms with Crippen LogP contribution >= 0.6 is 0 Å². The third kappa shape index (κ3) is 3.83. The Balaban J connectivity index is 3.94. The van der Waals surface area contributed by atoms with Crippen LogP contribution in [-0.4, -0.2) is 18.0 Å². The molecule has 0 saturated heterocycles. The first kappa shape index (κ1) is 10.8. The summed E-state index contributed by atoms with van der Waals surface area (Å²) in [7, 11) is 0. The van der Waals surface area contributed by atoms with E-state index in [1.807, 2.05) is 13.8 Å². The van der Waals surface area contributed by atoms with Gasteiger partial charge < -0.3 is 5.32 Å². The first-order chi connectivity index (χ1) is 5.61. The molecule has 0 spiro atoms. The summed E-state index contributed by atoms with van der Waals surface area (Å²) in [5.74, 6) is -0.220. The second-order valence-corrected chi connectivity index (χ2v) is 2.70. The molecular weight excluding hydrogens is 156 g/mol. The van der Waals surface area contributed by atoms with Crippen molar-refractivity contribution in [2.75, 3.05) is 0 Å². The molecule has 0 bridgehead atoms. The lowest BCUT2D eigenvalue weighted by molar-refractivity contribution is -0.122. The van der Waals surface area contributed by atoms with Gasteiger partial charge in [0.05, 0.1) is 0 Å². The Bertz CT molecular complexity index is 198. The molecule has 5 nitrogen and oxygen atoms in total. The number of hydrogen-bond donors (Lipinski definition) is 1. The molecule has 2 atom stereocenters. The summed E-state index contributed by atoms with van der Waals surface area (Å²) >= 11 is 0. The maximum absolute atomic E-state index is 11.1. The van der Waals surface area contributed by atoms with Crippen molar-refractivity contribution in [2.24, 2.45) is 5.11 Å². The molecule has 0 saturated carbocycles. The quantitative estimate of drug-likeness (QED) is 0.388. The predicted molar refractivity (Wildman–Crippen MR) is 46.5 cm³/mol. The lowest BCUT2D eigenvalue weighted by atomic mass is 10.2. The predicted octanol–water partition coefficient (Wildman–Crippen LogP) is 1.60. The largest absolute Gasteiger partial charge is 0.353 e. The molecule has 12 heavy (non-hydrogen) atoms. The van der Waals surface area contributed by atoms with Crippen LogP contribution in [0.1, 0.15) is 27.2 Å². The number of carbonyl (C=O) groups excluding carboxylic acids is 1. The molecule has 0 aliphatic rings. The zero-order valence-corrected chi connectivity index (χ0v) is 7.61. The highest BCUT2D eigenvalue weighted by atomic mass is 16.2. The van der Waals surface area contributed by atoms with Crippen molar-refractivity contribution in [3.8, 4) is 0 Å². The maximum atomic E-state index is 11.1. The number of rotatable bonds is 4. The molecule has 0 fully saturated rings. The van der Waals surface area contributed by atoms with Gasteiger partial charge in [0.15, 0.2) is 0 Å². The molecule has 0 aromatic carbocycles. The van der Waals surface area contributed by atoms with Gasteiger partial charge in [0.1, 0.15) is 6.04 Å². The smallest absolute Gasteiger partial charge is 0.228 e. The Labute approximate surface area is 71.8 Å². The molecule has 2 unspecified atom stereocenters. The van der Waals surface area contributed by atoms with E-state index in [1.165, 1.54) is 0 Å². The van der Waals surface area contributed by atoms with Crippen molar-refractivity contribution in [3.05, 3.63) is 10.4 Å². The zero-order chi connectivity index (χ0) is 9.56. The molecule has 5 heteroatoms. The fourth-order valence-corrected chi connectivity index (χ4v) is 0.595. The van der Waals surface area contributed by atoms with Gasteiger partial charge in [0.2, 0.25) is 5.91 Å². The van der Waals surface area contributed by atoms with Gasteiger partial charge in [-0.25, -0.2) is 0 Å². The van der Waals surface area contributed by atoms with Crippen LogP contribution in [0, 0.1) is 0 Å². The van der Waals surface area contributed by atoms with Crippen molar-refractivity contribution in [3.63, 3.8) is 0 Å². The minimum atomic E-state index is -0.621. The summed E-state index contributed by atoms with van der Waals surface area (Å²) in [6.45, 7) is 5.45. The number of nitrogens with zero attached hydrogens (tertiary/aromatic N) is 3. The van der Waals surface area contributed by atoms with Crippen LogP contribution in [0.15, 0.2) is 5.11 Å². The highest BCUT2D eigenvalue weighted by molar-refractivity contribution is 5.81. The van der Waals surface area contributed by atoms with Crippen LogP contribution in [0.3, 0.4) is 0 Å². The fourth-order valence-electron chi connectivity index (χ4n) is 0.595. The summed E-state index contributed by atoms with van der Waals surface area (Å²) in [4.78, 5) is 13.7. The molecule has 0 heterocycles. The SMILES string of the molecule is CCC(C)NC(=O)C(C)N=[N+]=[N-]. The molecule has 0 aromatic rings. The summed E-state index contributed by atoms with van der Waals surface area (Å²) in [5, 5.41) is 5.99. The van der Waals surface area contributed by atoms with Crippen LogP contribution in [0.4, 0.5) is 0 Å². The van der Waals surface area contributed by atoms with E-state index in [4.69, 9.17) is 5.53 Å². The monoisotopic (exact) mass is 170 g/mol. The molecule has 0 rings (SSSR count). The Morgan fingerprint density at radius 2 is 2.25 bits per heavy atom. The van der Waals surface area contributed by atoms with Crippen molar-refractivity contribution < 1.29 is 4.79 Å². The van der Waals surface area contributed by atoms with Crippen molar-refractivity contribution in [1.29, 1.82) is 0 Å². The minimum absolute atomic E-state index is 0.133. The van der Waals surface area contributed by atoms with Crippen molar-refractivity contribution in [1.82, 2.24) is 5.32 Å². The third-order valence-corrected chi connectivity index (χ3v) is 1.61. The number of hydrogen-bond acceptors (Lipinski definition) is 2. The minimum Gasteiger partial charge on any atom is -0.353 e. The Hall–Kier alpha value is -1.22. The van der Waals surface area contributed by atoms with E-state index >= 15 is 0 Å². The van der Waals surface area contributed by atoms with E-state index in [9.17, 15) is 4.79 Å². The molecule has 0 aliphatic carbocycles. The van der Waals surface area contributed by atoms with Gasteiger partial charge in [-0.15, -0.1) is 0 Å². The standard InChI is InChI=1S/C7H14N4O/c1-4-5(2)9-7(12)6(3)10-11-8/h5-6H,4H2,1-3H3,(H,9,12). The number of nitrogens with one attached hydrogen (secondary N) is 1. The average molecular weight is 170 g/mol. The Morgan fingerprint density at radius 1 is 1.67 bits per heavy atom. The van der Waals surface area contributed by atoms with Crippen LogP contribution < -0.4 is 5.32 Å². The molecule has 0 aromatic heterocycles. The third-order valence-electron chi connectivity index (χ3n) is 1.61. The van der Waals surface area contributed by atoms with Gasteiger partial charge in [-0.3, -0.25) is 4.79 Å². The number of carbonyl (C=O) groups is 1. The normalized spacial score (nSPS) is 14.2. The fraction of sp³-hybridized carbons (Fsp3) is 0.857. The van der Waals surface area contributed by atoms with Crippen LogP contribution in [-0.2, 0) is 4.79 Å². The summed E-state index contributed by atoms with van der Waals surface area (Å²) < 4.78 is 0. The molecular formula is C7H14N4O. The van der Waals surface area contributed by atoms with Gasteiger partial charge in [0, 0.05) is 11.0 Å². The first-order valence-electron chi connectivity index (χ1n) is 3.96. The van der Waals surface area contributed by atoms with Crippen LogP contribution in [0.5, 0.6) is 0 Å². The second kappa shape index (κ2) is 5.43. The van der Waals surface area contributed by atoms with Crippen molar-refractivity contribution >= 4 is 5.91 Å². The van der Waals surface area contributed by atoms with Gasteiger partial charge in [0.25, 0.3) is 0 Å². The van der Waals surface area contributed by atoms with Gasteiger partial charge in [-0.05, 0) is 25.8 Å². The van der Waals surface area contributed by atoms with Gasteiger partial charge in [-0.1, -0.05) is 12.0 Å².